The van der Waals surface area contributed by atoms with Gasteiger partial charge in [0.1, 0.15) is 0 Å². The van der Waals surface area contributed by atoms with Crippen molar-refractivity contribution in [3.63, 3.8) is 0 Å². The van der Waals surface area contributed by atoms with Crippen LogP contribution in [0.15, 0.2) is 12.7 Å². The van der Waals surface area contributed by atoms with Gasteiger partial charge in [-0.2, -0.15) is 0 Å². The average Bonchev–Trinajstić information content (AvgIpc) is 3.04. The van der Waals surface area contributed by atoms with E-state index in [2.05, 4.69) is 13.5 Å². The van der Waals surface area contributed by atoms with Gasteiger partial charge in [0.2, 0.25) is 11.8 Å². The molecule has 0 spiro atoms. The van der Waals surface area contributed by atoms with E-state index in [9.17, 15) is 9.59 Å². The molecule has 0 aromatic heterocycles. The zero-order valence-electron chi connectivity index (χ0n) is 11.8. The molecule has 4 fully saturated rings. The van der Waals surface area contributed by atoms with Gasteiger partial charge in [-0.25, -0.2) is 0 Å². The Labute approximate surface area is 119 Å². The number of amides is 2. The summed E-state index contributed by atoms with van der Waals surface area (Å²) >= 11 is 0. The highest BCUT2D eigenvalue weighted by Gasteiger charge is 2.76. The zero-order chi connectivity index (χ0) is 14.0. The molecule has 2 amide bonds. The van der Waals surface area contributed by atoms with E-state index in [4.69, 9.17) is 4.74 Å². The third-order valence-corrected chi connectivity index (χ3v) is 5.83. The number of nitrogens with zero attached hydrogens (tertiary/aromatic N) is 1. The Balaban J connectivity index is 1.63. The lowest BCUT2D eigenvalue weighted by molar-refractivity contribution is -0.141. The fraction of sp³-hybridized carbons (Fsp3) is 0.750. The smallest absolute Gasteiger partial charge is 0.233 e. The average molecular weight is 275 g/mol. The maximum Gasteiger partial charge on any atom is 0.233 e. The van der Waals surface area contributed by atoms with E-state index in [-0.39, 0.29) is 35.9 Å². The Bertz CT molecular complexity index is 454. The van der Waals surface area contributed by atoms with Crippen LogP contribution in [-0.4, -0.2) is 35.5 Å². The van der Waals surface area contributed by atoms with Crippen LogP contribution in [-0.2, 0) is 14.3 Å². The van der Waals surface area contributed by atoms with E-state index < -0.39 is 0 Å². The highest BCUT2D eigenvalue weighted by molar-refractivity contribution is 6.06. The lowest BCUT2D eigenvalue weighted by Gasteiger charge is -2.23. The van der Waals surface area contributed by atoms with Crippen molar-refractivity contribution in [3.8, 4) is 0 Å². The second kappa shape index (κ2) is 4.17. The molecule has 2 saturated heterocycles. The molecule has 6 unspecified atom stereocenters. The summed E-state index contributed by atoms with van der Waals surface area (Å²) in [5.41, 5.74) is 0. The van der Waals surface area contributed by atoms with Crippen LogP contribution in [0.2, 0.25) is 0 Å². The van der Waals surface area contributed by atoms with Crippen LogP contribution < -0.4 is 0 Å². The van der Waals surface area contributed by atoms with Gasteiger partial charge in [-0.1, -0.05) is 25.8 Å². The van der Waals surface area contributed by atoms with E-state index in [1.54, 1.807) is 6.08 Å². The fourth-order valence-corrected chi connectivity index (χ4v) is 5.16. The standard InChI is InChI=1S/C16H21NO3/c1-3-5-6-8-9-11-12(10(8)14-13(9)20-14)16(19)17(7-4-2)15(11)18/h4,8-14H,2-3,5-7H2,1H3. The molecule has 2 bridgehead atoms. The number of unbranched alkanes of at least 4 members (excludes halogenated alkanes) is 1. The van der Waals surface area contributed by atoms with Crippen molar-refractivity contribution >= 4 is 11.8 Å². The minimum Gasteiger partial charge on any atom is -0.369 e. The van der Waals surface area contributed by atoms with Gasteiger partial charge < -0.3 is 4.74 Å². The van der Waals surface area contributed by atoms with E-state index in [0.29, 0.717) is 24.3 Å². The van der Waals surface area contributed by atoms with Gasteiger partial charge in [0, 0.05) is 18.4 Å². The number of ether oxygens (including phenoxy) is 1. The highest BCUT2D eigenvalue weighted by Crippen LogP contribution is 2.67. The maximum atomic E-state index is 12.6. The molecule has 0 aromatic carbocycles. The summed E-state index contributed by atoms with van der Waals surface area (Å²) in [5.74, 6) is 0.995. The summed E-state index contributed by atoms with van der Waals surface area (Å²) < 4.78 is 5.74. The van der Waals surface area contributed by atoms with Gasteiger partial charge in [0.05, 0.1) is 24.0 Å². The number of carbonyl (C=O) groups excluding carboxylic acids is 2. The predicted molar refractivity (Wildman–Crippen MR) is 72.6 cm³/mol. The van der Waals surface area contributed by atoms with Crippen LogP contribution in [0, 0.1) is 29.6 Å². The van der Waals surface area contributed by atoms with Gasteiger partial charge in [-0.15, -0.1) is 6.58 Å². The quantitative estimate of drug-likeness (QED) is 0.435. The van der Waals surface area contributed by atoms with Gasteiger partial charge in [0.15, 0.2) is 0 Å². The normalized spacial score (nSPS) is 47.6. The van der Waals surface area contributed by atoms with Crippen LogP contribution in [0.25, 0.3) is 0 Å². The number of fused-ring (bicyclic) bond motifs is 8. The Morgan fingerprint density at radius 3 is 2.30 bits per heavy atom. The lowest BCUT2D eigenvalue weighted by atomic mass is 9.81. The molecule has 0 radical (unpaired) electrons. The van der Waals surface area contributed by atoms with Crippen molar-refractivity contribution in [1.82, 2.24) is 4.90 Å². The Hall–Kier alpha value is -1.16. The summed E-state index contributed by atoms with van der Waals surface area (Å²) in [6.07, 6.45) is 5.69. The molecule has 108 valence electrons. The largest absolute Gasteiger partial charge is 0.369 e. The predicted octanol–water partition coefficient (Wildman–Crippen LogP) is 1.61. The minimum absolute atomic E-state index is 0.0304. The molecule has 4 rings (SSSR count). The molecule has 0 N–H and O–H groups in total. The van der Waals surface area contributed by atoms with E-state index >= 15 is 0 Å². The Kier molecular flexibility index (Phi) is 2.62. The monoisotopic (exact) mass is 275 g/mol. The van der Waals surface area contributed by atoms with Crippen LogP contribution in [0.5, 0.6) is 0 Å². The first-order valence-electron chi connectivity index (χ1n) is 7.82. The highest BCUT2D eigenvalue weighted by atomic mass is 16.6. The number of epoxide rings is 1. The molecular formula is C16H21NO3. The Morgan fingerprint density at radius 1 is 1.20 bits per heavy atom. The van der Waals surface area contributed by atoms with Gasteiger partial charge in [-0.3, -0.25) is 14.5 Å². The SMILES string of the molecule is C=CCN1C(=O)C2C(C1=O)C1C(CCCC)C2C2OC21. The van der Waals surface area contributed by atoms with Crippen LogP contribution >= 0.6 is 0 Å². The molecular weight excluding hydrogens is 254 g/mol. The molecule has 4 heteroatoms. The first kappa shape index (κ1) is 12.6. The third-order valence-electron chi connectivity index (χ3n) is 5.83. The molecule has 2 heterocycles. The number of hydrogen-bond donors (Lipinski definition) is 0. The first-order valence-corrected chi connectivity index (χ1v) is 7.82. The molecule has 0 aromatic rings. The molecule has 4 nitrogen and oxygen atoms in total. The van der Waals surface area contributed by atoms with Gasteiger partial charge >= 0.3 is 0 Å². The van der Waals surface area contributed by atoms with E-state index in [1.807, 2.05) is 0 Å². The number of hydrogen-bond acceptors (Lipinski definition) is 3. The van der Waals surface area contributed by atoms with Crippen molar-refractivity contribution in [1.29, 1.82) is 0 Å². The topological polar surface area (TPSA) is 49.9 Å². The second-order valence-electron chi connectivity index (χ2n) is 6.65. The van der Waals surface area contributed by atoms with Gasteiger partial charge in [0.25, 0.3) is 0 Å². The molecule has 20 heavy (non-hydrogen) atoms. The van der Waals surface area contributed by atoms with Crippen LogP contribution in [0.3, 0.4) is 0 Å². The summed E-state index contributed by atoms with van der Waals surface area (Å²) in [5, 5.41) is 0. The first-order chi connectivity index (χ1) is 9.70. The van der Waals surface area contributed by atoms with Crippen molar-refractivity contribution in [2.75, 3.05) is 6.54 Å². The van der Waals surface area contributed by atoms with Crippen LogP contribution in [0.4, 0.5) is 0 Å². The van der Waals surface area contributed by atoms with E-state index in [0.717, 1.165) is 6.42 Å². The summed E-state index contributed by atoms with van der Waals surface area (Å²) in [4.78, 5) is 26.5. The maximum absolute atomic E-state index is 12.6. The summed E-state index contributed by atoms with van der Waals surface area (Å²) in [7, 11) is 0. The van der Waals surface area contributed by atoms with Gasteiger partial charge in [-0.05, 0) is 12.3 Å². The number of rotatable bonds is 5. The molecule has 4 aliphatic rings. The zero-order valence-corrected chi connectivity index (χ0v) is 11.8. The van der Waals surface area contributed by atoms with Crippen molar-refractivity contribution in [3.05, 3.63) is 12.7 Å². The minimum atomic E-state index is -0.0990. The van der Waals surface area contributed by atoms with E-state index in [1.165, 1.54) is 17.7 Å². The molecule has 2 aliphatic carbocycles. The molecule has 2 saturated carbocycles. The second-order valence-corrected chi connectivity index (χ2v) is 6.65. The number of imide groups is 1. The van der Waals surface area contributed by atoms with Crippen LogP contribution in [0.1, 0.15) is 26.2 Å². The van der Waals surface area contributed by atoms with Crippen molar-refractivity contribution in [2.45, 2.75) is 38.4 Å². The fourth-order valence-electron chi connectivity index (χ4n) is 5.16. The summed E-state index contributed by atoms with van der Waals surface area (Å²) in [6, 6.07) is 0. The third kappa shape index (κ3) is 1.36. The molecule has 6 atom stereocenters. The van der Waals surface area contributed by atoms with Crippen molar-refractivity contribution < 1.29 is 14.3 Å². The number of likely N-dealkylation sites (tertiary alicyclic amines) is 1. The molecule has 2 aliphatic heterocycles. The lowest BCUT2D eigenvalue weighted by Crippen LogP contribution is -2.35. The summed E-state index contributed by atoms with van der Waals surface area (Å²) in [6.45, 7) is 6.20. The number of carbonyl (C=O) groups is 2. The van der Waals surface area contributed by atoms with Crippen molar-refractivity contribution in [2.24, 2.45) is 29.6 Å². The Morgan fingerprint density at radius 2 is 1.80 bits per heavy atom.